The van der Waals surface area contributed by atoms with Crippen LogP contribution in [0.5, 0.6) is 0 Å². The average molecular weight is 779 g/mol. The van der Waals surface area contributed by atoms with E-state index in [0.29, 0.717) is 0 Å². The van der Waals surface area contributed by atoms with Gasteiger partial charge in [0.15, 0.2) is 0 Å². The average Bonchev–Trinajstić information content (AvgIpc) is 3.52. The number of hydrogen-bond acceptors (Lipinski definition) is 3. The molecule has 4 heteroatoms. The van der Waals surface area contributed by atoms with E-state index in [9.17, 15) is 0 Å². The molecule has 0 spiro atoms. The lowest BCUT2D eigenvalue weighted by Crippen LogP contribution is -2.62. The number of hydrogen-bond donors (Lipinski definition) is 0. The van der Waals surface area contributed by atoms with Crippen LogP contribution < -0.4 is 26.2 Å². The van der Waals surface area contributed by atoms with E-state index in [1.165, 1.54) is 107 Å². The van der Waals surface area contributed by atoms with Crippen LogP contribution in [0.1, 0.15) is 145 Å². The van der Waals surface area contributed by atoms with Crippen molar-refractivity contribution in [3.05, 3.63) is 123 Å². The predicted molar refractivity (Wildman–Crippen MR) is 253 cm³/mol. The first-order chi connectivity index (χ1) is 27.2. The molecule has 0 N–H and O–H groups in total. The highest BCUT2D eigenvalue weighted by atomic mass is 32.1. The summed E-state index contributed by atoms with van der Waals surface area (Å²) in [5.74, 6) is 0. The van der Waals surface area contributed by atoms with E-state index in [4.69, 9.17) is 0 Å². The number of benzene rings is 5. The van der Waals surface area contributed by atoms with Gasteiger partial charge in [-0.2, -0.15) is 0 Å². The molecule has 11 rings (SSSR count). The molecule has 2 aliphatic carbocycles. The van der Waals surface area contributed by atoms with Crippen LogP contribution in [-0.4, -0.2) is 6.71 Å². The molecule has 1 aromatic heterocycles. The molecule has 0 amide bonds. The van der Waals surface area contributed by atoms with Gasteiger partial charge < -0.3 is 9.80 Å². The summed E-state index contributed by atoms with van der Waals surface area (Å²) in [4.78, 5) is 5.46. The zero-order chi connectivity index (χ0) is 40.8. The Balaban J connectivity index is 1.29. The third-order valence-corrected chi connectivity index (χ3v) is 17.0. The van der Waals surface area contributed by atoms with Crippen LogP contribution >= 0.6 is 11.3 Å². The van der Waals surface area contributed by atoms with Crippen molar-refractivity contribution >= 4 is 78.0 Å². The van der Waals surface area contributed by atoms with E-state index in [0.717, 1.165) is 6.42 Å². The van der Waals surface area contributed by atoms with Crippen molar-refractivity contribution in [1.29, 1.82) is 0 Å². The highest BCUT2D eigenvalue weighted by Crippen LogP contribution is 2.63. The van der Waals surface area contributed by atoms with Crippen LogP contribution in [0.3, 0.4) is 0 Å². The summed E-state index contributed by atoms with van der Waals surface area (Å²) in [6.45, 7) is 31.6. The topological polar surface area (TPSA) is 6.48 Å². The quantitative estimate of drug-likeness (QED) is 0.153. The highest BCUT2D eigenvalue weighted by Gasteiger charge is 2.54. The summed E-state index contributed by atoms with van der Waals surface area (Å²) >= 11 is 1.98. The van der Waals surface area contributed by atoms with Crippen molar-refractivity contribution in [2.75, 3.05) is 9.80 Å². The Morgan fingerprint density at radius 1 is 0.569 bits per heavy atom. The number of fused-ring (bicyclic) bond motifs is 10. The zero-order valence-electron chi connectivity index (χ0n) is 37.1. The number of aryl methyl sites for hydroxylation is 3. The van der Waals surface area contributed by atoms with Gasteiger partial charge >= 0.3 is 0 Å². The summed E-state index contributed by atoms with van der Waals surface area (Å²) in [7, 11) is 0. The molecule has 58 heavy (non-hydrogen) atoms. The van der Waals surface area contributed by atoms with Gasteiger partial charge in [-0.15, -0.1) is 11.3 Å². The molecular weight excluding hydrogens is 719 g/mol. The van der Waals surface area contributed by atoms with Gasteiger partial charge in [0, 0.05) is 32.9 Å². The molecule has 2 nitrogen and oxygen atoms in total. The number of thiophene rings is 1. The normalized spacial score (nSPS) is 21.3. The predicted octanol–water partition coefficient (Wildman–Crippen LogP) is 13.2. The minimum atomic E-state index is -0.0817. The van der Waals surface area contributed by atoms with Gasteiger partial charge in [-0.1, -0.05) is 117 Å². The van der Waals surface area contributed by atoms with Gasteiger partial charge in [0.05, 0.1) is 10.7 Å². The largest absolute Gasteiger partial charge is 0.311 e. The van der Waals surface area contributed by atoms with Gasteiger partial charge in [-0.25, -0.2) is 0 Å². The molecule has 6 aromatic rings. The fourth-order valence-electron chi connectivity index (χ4n) is 12.2. The van der Waals surface area contributed by atoms with E-state index in [1.54, 1.807) is 22.3 Å². The van der Waals surface area contributed by atoms with Crippen LogP contribution in [0.2, 0.25) is 0 Å². The SMILES string of the molecule is Cc1cc2c3c(c1)N1c4cc5c(cc4C4(C)CCC(C)(C)c6ccc(c1c64)B3c1c(sc3ccc(C)cc13)N2c1ccc(C(C)(C)C)cc1C)C(C)(C)CCC5(C)C. The van der Waals surface area contributed by atoms with E-state index < -0.39 is 0 Å². The van der Waals surface area contributed by atoms with Crippen molar-refractivity contribution in [3.63, 3.8) is 0 Å². The highest BCUT2D eigenvalue weighted by molar-refractivity contribution is 7.26. The number of anilines is 6. The number of rotatable bonds is 1. The first-order valence-corrected chi connectivity index (χ1v) is 22.8. The van der Waals surface area contributed by atoms with E-state index in [-0.39, 0.29) is 33.8 Å². The Hall–Kier alpha value is -4.28. The van der Waals surface area contributed by atoms with Crippen LogP contribution in [0, 0.1) is 20.8 Å². The fourth-order valence-corrected chi connectivity index (χ4v) is 13.4. The second-order valence-corrected chi connectivity index (χ2v) is 23.2. The maximum atomic E-state index is 2.80. The molecule has 4 heterocycles. The first kappa shape index (κ1) is 36.8. The minimum Gasteiger partial charge on any atom is -0.311 e. The number of nitrogens with zero attached hydrogens (tertiary/aromatic N) is 2. The first-order valence-electron chi connectivity index (χ1n) is 22.0. The van der Waals surface area contributed by atoms with Gasteiger partial charge in [-0.05, 0) is 165 Å². The van der Waals surface area contributed by atoms with Crippen molar-refractivity contribution in [3.8, 4) is 0 Å². The minimum absolute atomic E-state index is 0.0790. The molecule has 0 fully saturated rings. The Morgan fingerprint density at radius 3 is 1.91 bits per heavy atom. The summed E-state index contributed by atoms with van der Waals surface area (Å²) in [6, 6.07) is 30.0. The van der Waals surface area contributed by atoms with Gasteiger partial charge in [0.1, 0.15) is 0 Å². The van der Waals surface area contributed by atoms with Crippen LogP contribution in [0.4, 0.5) is 33.4 Å². The summed E-state index contributed by atoms with van der Waals surface area (Å²) in [5.41, 5.74) is 24.7. The lowest BCUT2D eigenvalue weighted by molar-refractivity contribution is 0.327. The third kappa shape index (κ3) is 4.68. The molecule has 3 aliphatic heterocycles. The molecular formula is C54H59BN2S. The standard InChI is InChI=1S/C54H59BN2S/c1-30-14-19-44-34(24-30)46-49(58-44)57(40-18-15-33(27-32(40)3)50(4,5)6)43-26-31(2)25-42-47(43)55(46)39-17-16-35-45-48(39)56(42)41-29-37-36(52(9,10)20-21-53(37,11)12)28-38(41)54(45,13)23-22-51(35,7)8/h14-19,24-29H,20-23H2,1-13H3. The van der Waals surface area contributed by atoms with Crippen LogP contribution in [0.15, 0.2) is 72.8 Å². The Bertz CT molecular complexity index is 2830. The van der Waals surface area contributed by atoms with Crippen molar-refractivity contribution in [2.45, 2.75) is 143 Å². The molecule has 0 saturated heterocycles. The van der Waals surface area contributed by atoms with Gasteiger partial charge in [0.25, 0.3) is 6.71 Å². The molecule has 294 valence electrons. The second-order valence-electron chi connectivity index (χ2n) is 22.2. The zero-order valence-corrected chi connectivity index (χ0v) is 38.0. The van der Waals surface area contributed by atoms with E-state index >= 15 is 0 Å². The molecule has 1 unspecified atom stereocenters. The maximum absolute atomic E-state index is 2.80. The lowest BCUT2D eigenvalue weighted by atomic mass is 9.32. The van der Waals surface area contributed by atoms with Crippen LogP contribution in [-0.2, 0) is 27.1 Å². The molecule has 5 aromatic carbocycles. The summed E-state index contributed by atoms with van der Waals surface area (Å²) < 4.78 is 1.37. The third-order valence-electron chi connectivity index (χ3n) is 15.8. The summed E-state index contributed by atoms with van der Waals surface area (Å²) in [6.07, 6.45) is 4.78. The summed E-state index contributed by atoms with van der Waals surface area (Å²) in [5, 5.41) is 2.78. The Morgan fingerprint density at radius 2 is 1.22 bits per heavy atom. The molecule has 1 atom stereocenters. The second kappa shape index (κ2) is 11.3. The van der Waals surface area contributed by atoms with Gasteiger partial charge in [0.2, 0.25) is 0 Å². The fraction of sp³-hybridized carbons (Fsp3) is 0.407. The molecule has 5 aliphatic rings. The maximum Gasteiger partial charge on any atom is 0.254 e. The smallest absolute Gasteiger partial charge is 0.254 e. The Labute approximate surface area is 351 Å². The van der Waals surface area contributed by atoms with Crippen LogP contribution in [0.25, 0.3) is 10.1 Å². The van der Waals surface area contributed by atoms with Gasteiger partial charge in [-0.3, -0.25) is 0 Å². The molecule has 0 radical (unpaired) electrons. The van der Waals surface area contributed by atoms with E-state index in [1.807, 2.05) is 11.3 Å². The van der Waals surface area contributed by atoms with Crippen molar-refractivity contribution in [1.82, 2.24) is 0 Å². The monoisotopic (exact) mass is 778 g/mol. The molecule has 0 bridgehead atoms. The van der Waals surface area contributed by atoms with E-state index in [2.05, 4.69) is 173 Å². The van der Waals surface area contributed by atoms with Crippen molar-refractivity contribution < 1.29 is 0 Å². The van der Waals surface area contributed by atoms with Crippen molar-refractivity contribution in [2.24, 2.45) is 0 Å². The lowest BCUT2D eigenvalue weighted by Gasteiger charge is -2.55. The Kier molecular flexibility index (Phi) is 7.17. The molecule has 0 saturated carbocycles.